The van der Waals surface area contributed by atoms with E-state index < -0.39 is 10.0 Å². The summed E-state index contributed by atoms with van der Waals surface area (Å²) in [5, 5.41) is 0. The molecule has 0 aromatic heterocycles. The molecule has 0 aliphatic heterocycles. The number of nitrogens with zero attached hydrogens (tertiary/aromatic N) is 1. The van der Waals surface area contributed by atoms with Crippen molar-refractivity contribution in [3.05, 3.63) is 29.8 Å². The highest BCUT2D eigenvalue weighted by molar-refractivity contribution is 7.89. The molecule has 0 saturated heterocycles. The third kappa shape index (κ3) is 3.69. The van der Waals surface area contributed by atoms with E-state index >= 15 is 0 Å². The van der Waals surface area contributed by atoms with Crippen molar-refractivity contribution in [2.75, 3.05) is 13.6 Å². The van der Waals surface area contributed by atoms with Crippen LogP contribution in [-0.4, -0.2) is 26.3 Å². The SMILES string of the molecule is CC(C)CN(C)S(=O)(=O)c1cccc(CCl)c1. The molecule has 0 fully saturated rings. The molecule has 0 aliphatic carbocycles. The first-order valence-electron chi connectivity index (χ1n) is 5.49. The second-order valence-electron chi connectivity index (χ2n) is 4.46. The van der Waals surface area contributed by atoms with E-state index in [0.29, 0.717) is 23.2 Å². The van der Waals surface area contributed by atoms with Gasteiger partial charge in [0.2, 0.25) is 10.0 Å². The molecule has 0 N–H and O–H groups in total. The molecule has 3 nitrogen and oxygen atoms in total. The van der Waals surface area contributed by atoms with E-state index in [1.165, 1.54) is 4.31 Å². The van der Waals surface area contributed by atoms with E-state index in [1.54, 1.807) is 25.2 Å². The Bertz CT molecular complexity index is 471. The molecule has 1 aromatic carbocycles. The fourth-order valence-corrected chi connectivity index (χ4v) is 3.15. The summed E-state index contributed by atoms with van der Waals surface area (Å²) in [6.07, 6.45) is 0. The molecule has 5 heteroatoms. The number of hydrogen-bond acceptors (Lipinski definition) is 2. The van der Waals surface area contributed by atoms with Gasteiger partial charge in [0.15, 0.2) is 0 Å². The molecular formula is C12H18ClNO2S. The normalized spacial score (nSPS) is 12.4. The Morgan fingerprint density at radius 1 is 1.35 bits per heavy atom. The van der Waals surface area contributed by atoms with Crippen LogP contribution in [0.4, 0.5) is 0 Å². The average Bonchev–Trinajstić information content (AvgIpc) is 2.28. The van der Waals surface area contributed by atoms with Crippen molar-refractivity contribution in [1.29, 1.82) is 0 Å². The molecule has 0 amide bonds. The van der Waals surface area contributed by atoms with Gasteiger partial charge in [-0.1, -0.05) is 26.0 Å². The fraction of sp³-hybridized carbons (Fsp3) is 0.500. The Hall–Kier alpha value is -0.580. The highest BCUT2D eigenvalue weighted by Crippen LogP contribution is 2.17. The van der Waals surface area contributed by atoms with Gasteiger partial charge in [0.25, 0.3) is 0 Å². The van der Waals surface area contributed by atoms with E-state index in [2.05, 4.69) is 0 Å². The van der Waals surface area contributed by atoms with Crippen LogP contribution in [0.15, 0.2) is 29.2 Å². The molecule has 0 radical (unpaired) electrons. The monoisotopic (exact) mass is 275 g/mol. The van der Waals surface area contributed by atoms with Gasteiger partial charge in [-0.2, -0.15) is 0 Å². The van der Waals surface area contributed by atoms with E-state index in [1.807, 2.05) is 19.9 Å². The third-order valence-electron chi connectivity index (χ3n) is 2.38. The summed E-state index contributed by atoms with van der Waals surface area (Å²) in [5.41, 5.74) is 0.811. The van der Waals surface area contributed by atoms with Crippen LogP contribution in [0.3, 0.4) is 0 Å². The van der Waals surface area contributed by atoms with Crippen molar-refractivity contribution in [3.63, 3.8) is 0 Å². The summed E-state index contributed by atoms with van der Waals surface area (Å²) in [5.74, 6) is 0.614. The third-order valence-corrected chi connectivity index (χ3v) is 4.51. The number of hydrogen-bond donors (Lipinski definition) is 0. The Morgan fingerprint density at radius 3 is 2.53 bits per heavy atom. The van der Waals surface area contributed by atoms with Gasteiger partial charge in [-0.3, -0.25) is 0 Å². The zero-order chi connectivity index (χ0) is 13.1. The van der Waals surface area contributed by atoms with Crippen LogP contribution in [0.1, 0.15) is 19.4 Å². The minimum atomic E-state index is -3.39. The predicted molar refractivity (Wildman–Crippen MR) is 70.7 cm³/mol. The van der Waals surface area contributed by atoms with Gasteiger partial charge in [-0.25, -0.2) is 12.7 Å². The quantitative estimate of drug-likeness (QED) is 0.775. The number of alkyl halides is 1. The van der Waals surface area contributed by atoms with Crippen molar-refractivity contribution in [2.24, 2.45) is 5.92 Å². The van der Waals surface area contributed by atoms with E-state index in [9.17, 15) is 8.42 Å². The summed E-state index contributed by atoms with van der Waals surface area (Å²) in [4.78, 5) is 0.304. The van der Waals surface area contributed by atoms with Gasteiger partial charge in [-0.15, -0.1) is 11.6 Å². The summed E-state index contributed by atoms with van der Waals surface area (Å²) in [7, 11) is -1.79. The highest BCUT2D eigenvalue weighted by atomic mass is 35.5. The molecular weight excluding hydrogens is 258 g/mol. The van der Waals surface area contributed by atoms with Crippen LogP contribution in [0.25, 0.3) is 0 Å². The first-order chi connectivity index (χ1) is 7.87. The summed E-state index contributed by atoms with van der Waals surface area (Å²) >= 11 is 5.70. The van der Waals surface area contributed by atoms with Crippen molar-refractivity contribution < 1.29 is 8.42 Å². The van der Waals surface area contributed by atoms with Crippen molar-refractivity contribution in [2.45, 2.75) is 24.6 Å². The fourth-order valence-electron chi connectivity index (χ4n) is 1.58. The maximum atomic E-state index is 12.2. The van der Waals surface area contributed by atoms with Crippen LogP contribution >= 0.6 is 11.6 Å². The highest BCUT2D eigenvalue weighted by Gasteiger charge is 2.21. The van der Waals surface area contributed by atoms with Crippen molar-refractivity contribution >= 4 is 21.6 Å². The lowest BCUT2D eigenvalue weighted by atomic mass is 10.2. The molecule has 17 heavy (non-hydrogen) atoms. The number of rotatable bonds is 5. The Kier molecular flexibility index (Phi) is 4.98. The Morgan fingerprint density at radius 2 is 2.00 bits per heavy atom. The largest absolute Gasteiger partial charge is 0.242 e. The van der Waals surface area contributed by atoms with Crippen LogP contribution < -0.4 is 0 Å². The molecule has 0 saturated carbocycles. The van der Waals surface area contributed by atoms with Crippen LogP contribution in [0.2, 0.25) is 0 Å². The first-order valence-corrected chi connectivity index (χ1v) is 7.46. The van der Waals surface area contributed by atoms with E-state index in [4.69, 9.17) is 11.6 Å². The number of halogens is 1. The standard InChI is InChI=1S/C12H18ClNO2S/c1-10(2)9-14(3)17(15,16)12-6-4-5-11(7-12)8-13/h4-7,10H,8-9H2,1-3H3. The second-order valence-corrected chi connectivity index (χ2v) is 6.77. The van der Waals surface area contributed by atoms with Gasteiger partial charge < -0.3 is 0 Å². The lowest BCUT2D eigenvalue weighted by Gasteiger charge is -2.19. The lowest BCUT2D eigenvalue weighted by Crippen LogP contribution is -2.30. The van der Waals surface area contributed by atoms with Gasteiger partial charge in [0.1, 0.15) is 0 Å². The van der Waals surface area contributed by atoms with Gasteiger partial charge in [0, 0.05) is 19.5 Å². The topological polar surface area (TPSA) is 37.4 Å². The maximum absolute atomic E-state index is 12.2. The summed E-state index contributed by atoms with van der Waals surface area (Å²) < 4.78 is 25.8. The first kappa shape index (κ1) is 14.5. The lowest BCUT2D eigenvalue weighted by molar-refractivity contribution is 0.417. The van der Waals surface area contributed by atoms with Crippen molar-refractivity contribution in [3.8, 4) is 0 Å². The van der Waals surface area contributed by atoms with E-state index in [-0.39, 0.29) is 0 Å². The minimum absolute atomic E-state index is 0.297. The molecule has 0 spiro atoms. The number of benzene rings is 1. The molecule has 0 heterocycles. The summed E-state index contributed by atoms with van der Waals surface area (Å²) in [6, 6.07) is 6.75. The van der Waals surface area contributed by atoms with Gasteiger partial charge in [-0.05, 0) is 23.6 Å². The van der Waals surface area contributed by atoms with Crippen LogP contribution in [-0.2, 0) is 15.9 Å². The van der Waals surface area contributed by atoms with Crippen LogP contribution in [0.5, 0.6) is 0 Å². The average molecular weight is 276 g/mol. The Balaban J connectivity index is 3.04. The van der Waals surface area contributed by atoms with Gasteiger partial charge >= 0.3 is 0 Å². The molecule has 0 aliphatic rings. The minimum Gasteiger partial charge on any atom is -0.207 e. The Labute approximate surface area is 108 Å². The molecule has 96 valence electrons. The smallest absolute Gasteiger partial charge is 0.207 e. The maximum Gasteiger partial charge on any atom is 0.242 e. The van der Waals surface area contributed by atoms with Crippen LogP contribution in [0, 0.1) is 5.92 Å². The molecule has 1 aromatic rings. The second kappa shape index (κ2) is 5.85. The van der Waals surface area contributed by atoms with Gasteiger partial charge in [0.05, 0.1) is 4.90 Å². The van der Waals surface area contributed by atoms with Crippen molar-refractivity contribution in [1.82, 2.24) is 4.31 Å². The molecule has 0 unspecified atom stereocenters. The number of sulfonamides is 1. The predicted octanol–water partition coefficient (Wildman–Crippen LogP) is 2.70. The zero-order valence-corrected chi connectivity index (χ0v) is 11.9. The van der Waals surface area contributed by atoms with E-state index in [0.717, 1.165) is 5.56 Å². The molecule has 1 rings (SSSR count). The summed E-state index contributed by atoms with van der Waals surface area (Å²) in [6.45, 7) is 4.48. The zero-order valence-electron chi connectivity index (χ0n) is 10.4. The molecule has 0 bridgehead atoms. The molecule has 0 atom stereocenters.